The number of carbonyl (C=O) groups is 1. The lowest BCUT2D eigenvalue weighted by Gasteiger charge is -2.08. The molecule has 0 aliphatic rings. The Kier molecular flexibility index (Phi) is 4.03. The minimum atomic E-state index is -0.484. The lowest BCUT2D eigenvalue weighted by atomic mass is 10.1. The predicted octanol–water partition coefficient (Wildman–Crippen LogP) is 2.31. The van der Waals surface area contributed by atoms with Crippen LogP contribution in [0.2, 0.25) is 5.02 Å². The number of nitrogens with two attached hydrogens (primary N) is 1. The minimum Gasteiger partial charge on any atom is -0.384 e. The van der Waals surface area contributed by atoms with Gasteiger partial charge in [-0.25, -0.2) is 4.98 Å². The lowest BCUT2D eigenvalue weighted by Crippen LogP contribution is -2.13. The third-order valence-electron chi connectivity index (χ3n) is 2.64. The van der Waals surface area contributed by atoms with Crippen LogP contribution in [0.5, 0.6) is 0 Å². The van der Waals surface area contributed by atoms with Gasteiger partial charge in [-0.3, -0.25) is 4.79 Å². The summed E-state index contributed by atoms with van der Waals surface area (Å²) in [5.41, 5.74) is 6.48. The number of nitrogens with one attached hydrogen (secondary N) is 1. The Morgan fingerprint density at radius 3 is 2.62 bits per heavy atom. The first kappa shape index (κ1) is 14.3. The van der Waals surface area contributed by atoms with Gasteiger partial charge in [-0.2, -0.15) is 10.5 Å². The van der Waals surface area contributed by atoms with Gasteiger partial charge < -0.3 is 11.1 Å². The molecule has 7 heteroatoms. The van der Waals surface area contributed by atoms with Crippen molar-refractivity contribution in [2.24, 2.45) is 0 Å². The summed E-state index contributed by atoms with van der Waals surface area (Å²) in [5, 5.41) is 20.5. The van der Waals surface area contributed by atoms with E-state index in [1.807, 2.05) is 12.1 Å². The molecule has 0 aliphatic carbocycles. The van der Waals surface area contributed by atoms with E-state index in [9.17, 15) is 4.79 Å². The number of anilines is 2. The molecule has 2 rings (SSSR count). The van der Waals surface area contributed by atoms with Crippen LogP contribution in [0.15, 0.2) is 30.5 Å². The number of aromatic nitrogens is 1. The van der Waals surface area contributed by atoms with Crippen LogP contribution in [0.25, 0.3) is 0 Å². The second-order valence-electron chi connectivity index (χ2n) is 4.03. The van der Waals surface area contributed by atoms with E-state index in [2.05, 4.69) is 10.3 Å². The van der Waals surface area contributed by atoms with Crippen molar-refractivity contribution in [2.45, 2.75) is 0 Å². The monoisotopic (exact) mass is 297 g/mol. The molecule has 0 bridgehead atoms. The van der Waals surface area contributed by atoms with Crippen molar-refractivity contribution in [1.82, 2.24) is 4.98 Å². The van der Waals surface area contributed by atoms with Crippen molar-refractivity contribution in [1.29, 1.82) is 10.5 Å². The van der Waals surface area contributed by atoms with Crippen molar-refractivity contribution >= 4 is 29.0 Å². The van der Waals surface area contributed by atoms with Crippen LogP contribution in [-0.4, -0.2) is 10.9 Å². The molecule has 0 aliphatic heterocycles. The summed E-state index contributed by atoms with van der Waals surface area (Å²) in [6.45, 7) is 0. The Labute approximate surface area is 125 Å². The van der Waals surface area contributed by atoms with Crippen LogP contribution < -0.4 is 11.1 Å². The Balaban J connectivity index is 2.30. The Hall–Kier alpha value is -3.09. The maximum absolute atomic E-state index is 12.1. The van der Waals surface area contributed by atoms with Crippen molar-refractivity contribution in [2.75, 3.05) is 11.1 Å². The molecule has 0 saturated heterocycles. The molecule has 0 unspecified atom stereocenters. The number of hydrogen-bond donors (Lipinski definition) is 2. The topological polar surface area (TPSA) is 116 Å². The molecule has 0 saturated carbocycles. The Morgan fingerprint density at radius 2 is 1.95 bits per heavy atom. The van der Waals surface area contributed by atoms with Gasteiger partial charge in [-0.15, -0.1) is 0 Å². The standard InChI is InChI=1S/C14H8ClN5O/c15-12-7-19-13(18)4-11(12)14(21)20-10-2-1-8(5-16)9(3-10)6-17/h1-4,7H,(H2,18,19)(H,20,21). The van der Waals surface area contributed by atoms with Crippen LogP contribution in [-0.2, 0) is 0 Å². The molecule has 0 radical (unpaired) electrons. The maximum atomic E-state index is 12.1. The summed E-state index contributed by atoms with van der Waals surface area (Å²) in [7, 11) is 0. The van der Waals surface area contributed by atoms with Crippen molar-refractivity contribution < 1.29 is 4.79 Å². The molecule has 1 aromatic carbocycles. The summed E-state index contributed by atoms with van der Waals surface area (Å²) in [6.07, 6.45) is 1.28. The molecular formula is C14H8ClN5O. The minimum absolute atomic E-state index is 0.163. The number of nitriles is 2. The highest BCUT2D eigenvalue weighted by Gasteiger charge is 2.12. The van der Waals surface area contributed by atoms with E-state index in [0.717, 1.165) is 0 Å². The van der Waals surface area contributed by atoms with Crippen LogP contribution in [0.4, 0.5) is 11.5 Å². The number of halogens is 1. The second-order valence-corrected chi connectivity index (χ2v) is 4.43. The molecule has 0 spiro atoms. The molecule has 1 amide bonds. The fraction of sp³-hybridized carbons (Fsp3) is 0. The first-order valence-corrected chi connectivity index (χ1v) is 6.09. The van der Waals surface area contributed by atoms with Gasteiger partial charge in [0.15, 0.2) is 0 Å². The van der Waals surface area contributed by atoms with Crippen molar-refractivity contribution in [3.8, 4) is 12.1 Å². The van der Waals surface area contributed by atoms with Gasteiger partial charge in [0.05, 0.1) is 21.7 Å². The first-order valence-electron chi connectivity index (χ1n) is 5.71. The third kappa shape index (κ3) is 3.08. The number of hydrogen-bond acceptors (Lipinski definition) is 5. The molecule has 3 N–H and O–H groups in total. The summed E-state index contributed by atoms with van der Waals surface area (Å²) >= 11 is 5.89. The van der Waals surface area contributed by atoms with E-state index >= 15 is 0 Å². The van der Waals surface area contributed by atoms with Gasteiger partial charge in [0.1, 0.15) is 18.0 Å². The van der Waals surface area contributed by atoms with E-state index < -0.39 is 5.91 Å². The molecule has 2 aromatic rings. The van der Waals surface area contributed by atoms with Gasteiger partial charge in [-0.1, -0.05) is 11.6 Å². The molecule has 0 fully saturated rings. The van der Waals surface area contributed by atoms with Crippen LogP contribution in [0, 0.1) is 22.7 Å². The maximum Gasteiger partial charge on any atom is 0.257 e. The van der Waals surface area contributed by atoms with E-state index in [0.29, 0.717) is 5.69 Å². The van der Waals surface area contributed by atoms with Gasteiger partial charge in [0, 0.05) is 11.9 Å². The molecular weight excluding hydrogens is 290 g/mol. The van der Waals surface area contributed by atoms with Crippen LogP contribution >= 0.6 is 11.6 Å². The molecule has 1 heterocycles. The number of pyridine rings is 1. The number of rotatable bonds is 2. The normalized spacial score (nSPS) is 9.48. The SMILES string of the molecule is N#Cc1ccc(NC(=O)c2cc(N)ncc2Cl)cc1C#N. The van der Waals surface area contributed by atoms with Crippen LogP contribution in [0.1, 0.15) is 21.5 Å². The highest BCUT2D eigenvalue weighted by molar-refractivity contribution is 6.34. The number of benzene rings is 1. The fourth-order valence-electron chi connectivity index (χ4n) is 1.64. The molecule has 1 aromatic heterocycles. The predicted molar refractivity (Wildman–Crippen MR) is 77.5 cm³/mol. The smallest absolute Gasteiger partial charge is 0.257 e. The lowest BCUT2D eigenvalue weighted by molar-refractivity contribution is 0.102. The highest BCUT2D eigenvalue weighted by atomic mass is 35.5. The van der Waals surface area contributed by atoms with E-state index in [4.69, 9.17) is 27.9 Å². The Morgan fingerprint density at radius 1 is 1.24 bits per heavy atom. The van der Waals surface area contributed by atoms with Crippen molar-refractivity contribution in [3.63, 3.8) is 0 Å². The quantitative estimate of drug-likeness (QED) is 0.882. The largest absolute Gasteiger partial charge is 0.384 e. The van der Waals surface area contributed by atoms with E-state index in [-0.39, 0.29) is 27.5 Å². The van der Waals surface area contributed by atoms with Gasteiger partial charge in [0.25, 0.3) is 5.91 Å². The Bertz CT molecular complexity index is 804. The molecule has 21 heavy (non-hydrogen) atoms. The van der Waals surface area contributed by atoms with Gasteiger partial charge >= 0.3 is 0 Å². The molecule has 0 atom stereocenters. The second kappa shape index (κ2) is 5.91. The third-order valence-corrected chi connectivity index (χ3v) is 2.94. The summed E-state index contributed by atoms with van der Waals surface area (Å²) in [6, 6.07) is 9.53. The van der Waals surface area contributed by atoms with E-state index in [1.165, 1.54) is 30.5 Å². The fourth-order valence-corrected chi connectivity index (χ4v) is 1.83. The summed E-state index contributed by atoms with van der Waals surface area (Å²) in [4.78, 5) is 15.9. The molecule has 6 nitrogen and oxygen atoms in total. The van der Waals surface area contributed by atoms with E-state index in [1.54, 1.807) is 0 Å². The number of nitrogens with zero attached hydrogens (tertiary/aromatic N) is 3. The highest BCUT2D eigenvalue weighted by Crippen LogP contribution is 2.20. The van der Waals surface area contributed by atoms with Crippen LogP contribution in [0.3, 0.4) is 0 Å². The van der Waals surface area contributed by atoms with Gasteiger partial charge in [0.2, 0.25) is 0 Å². The number of carbonyl (C=O) groups excluding carboxylic acids is 1. The average Bonchev–Trinajstić information content (AvgIpc) is 2.49. The average molecular weight is 298 g/mol. The zero-order valence-corrected chi connectivity index (χ0v) is 11.3. The first-order chi connectivity index (χ1) is 10.0. The number of amides is 1. The summed E-state index contributed by atoms with van der Waals surface area (Å²) < 4.78 is 0. The number of nitrogen functional groups attached to an aromatic ring is 1. The van der Waals surface area contributed by atoms with Crippen molar-refractivity contribution in [3.05, 3.63) is 52.2 Å². The zero-order chi connectivity index (χ0) is 15.4. The summed E-state index contributed by atoms with van der Waals surface area (Å²) in [5.74, 6) is -0.315. The van der Waals surface area contributed by atoms with Gasteiger partial charge in [-0.05, 0) is 24.3 Å². The molecule has 102 valence electrons. The zero-order valence-electron chi connectivity index (χ0n) is 10.6.